The molecule has 7 heteroatoms. The van der Waals surface area contributed by atoms with Gasteiger partial charge >= 0.3 is 12.0 Å². The first-order valence-electron chi connectivity index (χ1n) is 6.06. The van der Waals surface area contributed by atoms with Crippen LogP contribution >= 0.6 is 0 Å². The van der Waals surface area contributed by atoms with E-state index < -0.39 is 12.1 Å². The Labute approximate surface area is 105 Å². The summed E-state index contributed by atoms with van der Waals surface area (Å²) in [5.74, 6) is -0.587. The minimum atomic E-state index is -0.483. The quantitative estimate of drug-likeness (QED) is 0.526. The number of nitrogens with zero attached hydrogens (tertiary/aromatic N) is 2. The molecule has 0 aromatic heterocycles. The van der Waals surface area contributed by atoms with Crippen molar-refractivity contribution in [2.24, 2.45) is 0 Å². The van der Waals surface area contributed by atoms with Crippen LogP contribution in [0.4, 0.5) is 4.79 Å². The summed E-state index contributed by atoms with van der Waals surface area (Å²) >= 11 is 0. The van der Waals surface area contributed by atoms with E-state index in [0.29, 0.717) is 26.2 Å². The van der Waals surface area contributed by atoms with Gasteiger partial charge in [0.25, 0.3) is 5.91 Å². The third kappa shape index (κ3) is 2.17. The second-order valence-electron chi connectivity index (χ2n) is 4.43. The fraction of sp³-hybridized carbons (Fsp3) is 0.727. The molecule has 0 aromatic rings. The Hall–Kier alpha value is -1.63. The van der Waals surface area contributed by atoms with Crippen molar-refractivity contribution in [3.63, 3.8) is 0 Å². The van der Waals surface area contributed by atoms with Crippen LogP contribution in [0.3, 0.4) is 0 Å². The topological polar surface area (TPSA) is 79.0 Å². The van der Waals surface area contributed by atoms with E-state index in [0.717, 1.165) is 0 Å². The summed E-state index contributed by atoms with van der Waals surface area (Å²) in [4.78, 5) is 38.0. The molecule has 2 aliphatic rings. The summed E-state index contributed by atoms with van der Waals surface area (Å²) in [7, 11) is 0. The zero-order chi connectivity index (χ0) is 13.3. The molecule has 2 fully saturated rings. The number of hydrogen-bond donors (Lipinski definition) is 1. The highest BCUT2D eigenvalue weighted by Gasteiger charge is 2.43. The molecule has 0 aliphatic carbocycles. The van der Waals surface area contributed by atoms with Crippen molar-refractivity contribution in [3.05, 3.63) is 0 Å². The van der Waals surface area contributed by atoms with Gasteiger partial charge in [0.2, 0.25) is 0 Å². The minimum absolute atomic E-state index is 0.291. The molecule has 2 rings (SSSR count). The lowest BCUT2D eigenvalue weighted by Crippen LogP contribution is -2.56. The summed E-state index contributed by atoms with van der Waals surface area (Å²) in [6.45, 7) is 5.24. The summed E-state index contributed by atoms with van der Waals surface area (Å²) in [5, 5.41) is 2.28. The SMILES string of the molecule is CCOC(=O)[C@@H](C)N1CCN2C(=O)NC(=O)[C@@H]2C1. The van der Waals surface area contributed by atoms with E-state index in [1.165, 1.54) is 4.90 Å². The van der Waals surface area contributed by atoms with Crippen LogP contribution in [0.1, 0.15) is 13.8 Å². The first-order valence-corrected chi connectivity index (χ1v) is 6.06. The molecule has 0 saturated carbocycles. The smallest absolute Gasteiger partial charge is 0.324 e. The van der Waals surface area contributed by atoms with Crippen molar-refractivity contribution in [2.75, 3.05) is 26.2 Å². The largest absolute Gasteiger partial charge is 0.465 e. The summed E-state index contributed by atoms with van der Waals surface area (Å²) < 4.78 is 4.95. The Bertz CT molecular complexity index is 384. The zero-order valence-electron chi connectivity index (χ0n) is 10.5. The van der Waals surface area contributed by atoms with Crippen LogP contribution in [0.15, 0.2) is 0 Å². The van der Waals surface area contributed by atoms with Gasteiger partial charge in [0, 0.05) is 19.6 Å². The van der Waals surface area contributed by atoms with Crippen molar-refractivity contribution in [2.45, 2.75) is 25.9 Å². The van der Waals surface area contributed by atoms with Gasteiger partial charge in [-0.25, -0.2) is 4.79 Å². The molecule has 7 nitrogen and oxygen atoms in total. The van der Waals surface area contributed by atoms with Gasteiger partial charge in [-0.1, -0.05) is 0 Å². The Kier molecular flexibility index (Phi) is 3.51. The van der Waals surface area contributed by atoms with Crippen LogP contribution in [0.2, 0.25) is 0 Å². The maximum Gasteiger partial charge on any atom is 0.324 e. The lowest BCUT2D eigenvalue weighted by Gasteiger charge is -2.37. The summed E-state index contributed by atoms with van der Waals surface area (Å²) in [6, 6.07) is -1.22. The molecule has 1 N–H and O–H groups in total. The summed E-state index contributed by atoms with van der Waals surface area (Å²) in [6.07, 6.45) is 0. The molecule has 2 atom stereocenters. The molecular weight excluding hydrogens is 238 g/mol. The second kappa shape index (κ2) is 4.93. The number of amides is 3. The average molecular weight is 255 g/mol. The fourth-order valence-corrected chi connectivity index (χ4v) is 2.30. The summed E-state index contributed by atoms with van der Waals surface area (Å²) in [5.41, 5.74) is 0. The maximum atomic E-state index is 11.6. The molecule has 0 unspecified atom stereocenters. The van der Waals surface area contributed by atoms with Crippen LogP contribution < -0.4 is 5.32 Å². The second-order valence-corrected chi connectivity index (χ2v) is 4.43. The van der Waals surface area contributed by atoms with Gasteiger partial charge in [0.05, 0.1) is 6.61 Å². The van der Waals surface area contributed by atoms with E-state index in [9.17, 15) is 14.4 Å². The van der Waals surface area contributed by atoms with Crippen LogP contribution in [0, 0.1) is 0 Å². The molecule has 2 saturated heterocycles. The number of rotatable bonds is 3. The number of carbonyl (C=O) groups is 3. The lowest BCUT2D eigenvalue weighted by molar-refractivity contribution is -0.150. The van der Waals surface area contributed by atoms with Crippen LogP contribution in [0.5, 0.6) is 0 Å². The molecular formula is C11H17N3O4. The minimum Gasteiger partial charge on any atom is -0.465 e. The highest BCUT2D eigenvalue weighted by atomic mass is 16.5. The Morgan fingerprint density at radius 3 is 2.89 bits per heavy atom. The fourth-order valence-electron chi connectivity index (χ4n) is 2.30. The third-order valence-corrected chi connectivity index (χ3v) is 3.38. The van der Waals surface area contributed by atoms with Gasteiger partial charge in [-0.05, 0) is 13.8 Å². The van der Waals surface area contributed by atoms with E-state index in [-0.39, 0.29) is 17.9 Å². The van der Waals surface area contributed by atoms with Crippen LogP contribution in [-0.4, -0.2) is 66.0 Å². The van der Waals surface area contributed by atoms with Crippen LogP contribution in [-0.2, 0) is 14.3 Å². The molecule has 2 aliphatic heterocycles. The van der Waals surface area contributed by atoms with Gasteiger partial charge < -0.3 is 9.64 Å². The maximum absolute atomic E-state index is 11.6. The molecule has 2 heterocycles. The van der Waals surface area contributed by atoms with Gasteiger partial charge in [0.1, 0.15) is 12.1 Å². The van der Waals surface area contributed by atoms with Crippen molar-refractivity contribution in [1.29, 1.82) is 0 Å². The van der Waals surface area contributed by atoms with Crippen molar-refractivity contribution >= 4 is 17.9 Å². The van der Waals surface area contributed by atoms with Crippen molar-refractivity contribution in [3.8, 4) is 0 Å². The predicted molar refractivity (Wildman–Crippen MR) is 61.7 cm³/mol. The third-order valence-electron chi connectivity index (χ3n) is 3.38. The standard InChI is InChI=1S/C11H17N3O4/c1-3-18-10(16)7(2)13-4-5-14-8(6-13)9(15)12-11(14)17/h7-8H,3-6H2,1-2H3,(H,12,15,17)/t7-,8+/m1/s1. The number of esters is 1. The monoisotopic (exact) mass is 255 g/mol. The molecule has 18 heavy (non-hydrogen) atoms. The van der Waals surface area contributed by atoms with E-state index in [2.05, 4.69) is 5.32 Å². The number of imide groups is 1. The highest BCUT2D eigenvalue weighted by Crippen LogP contribution is 2.17. The zero-order valence-corrected chi connectivity index (χ0v) is 10.5. The molecule has 0 radical (unpaired) electrons. The Morgan fingerprint density at radius 2 is 2.22 bits per heavy atom. The number of urea groups is 1. The number of piperazine rings is 1. The predicted octanol–water partition coefficient (Wildman–Crippen LogP) is -0.826. The highest BCUT2D eigenvalue weighted by molar-refractivity contribution is 6.04. The van der Waals surface area contributed by atoms with Gasteiger partial charge in [0.15, 0.2) is 0 Å². The molecule has 0 aromatic carbocycles. The number of fused-ring (bicyclic) bond motifs is 1. The normalized spacial score (nSPS) is 25.7. The molecule has 0 spiro atoms. The first-order chi connectivity index (χ1) is 8.54. The van der Waals surface area contributed by atoms with E-state index in [4.69, 9.17) is 4.74 Å². The van der Waals surface area contributed by atoms with Crippen molar-refractivity contribution in [1.82, 2.24) is 15.1 Å². The van der Waals surface area contributed by atoms with E-state index in [1.807, 2.05) is 4.90 Å². The van der Waals surface area contributed by atoms with E-state index >= 15 is 0 Å². The molecule has 100 valence electrons. The Morgan fingerprint density at radius 1 is 1.50 bits per heavy atom. The van der Waals surface area contributed by atoms with Gasteiger partial charge in [-0.2, -0.15) is 0 Å². The average Bonchev–Trinajstić information content (AvgIpc) is 2.64. The molecule has 3 amide bonds. The van der Waals surface area contributed by atoms with Gasteiger partial charge in [-0.3, -0.25) is 19.8 Å². The number of hydrogen-bond acceptors (Lipinski definition) is 5. The molecule has 0 bridgehead atoms. The number of carbonyl (C=O) groups excluding carboxylic acids is 3. The van der Waals surface area contributed by atoms with Crippen LogP contribution in [0.25, 0.3) is 0 Å². The number of ether oxygens (including phenoxy) is 1. The van der Waals surface area contributed by atoms with E-state index in [1.54, 1.807) is 13.8 Å². The first kappa shape index (κ1) is 12.8. The Balaban J connectivity index is 2.00. The van der Waals surface area contributed by atoms with Gasteiger partial charge in [-0.15, -0.1) is 0 Å². The van der Waals surface area contributed by atoms with Crippen molar-refractivity contribution < 1.29 is 19.1 Å². The lowest BCUT2D eigenvalue weighted by atomic mass is 10.1. The number of nitrogens with one attached hydrogen (secondary N) is 1.